The maximum absolute atomic E-state index is 13.8. The maximum Gasteiger partial charge on any atom is 0.165 e. The maximum atomic E-state index is 13.8. The number of aryl methyl sites for hydroxylation is 2. The van der Waals surface area contributed by atoms with Gasteiger partial charge in [0.25, 0.3) is 0 Å². The topological polar surface area (TPSA) is 34.1 Å². The number of benzene rings is 1. The Labute approximate surface area is 129 Å². The number of hydrogen-bond acceptors (Lipinski definition) is 4. The zero-order chi connectivity index (χ0) is 15.6. The van der Waals surface area contributed by atoms with Gasteiger partial charge >= 0.3 is 0 Å². The standard InChI is InChI=1S/C16H21FN2OS/c1-9(13-6-7-15(20-5)14(17)8-13)18-10(2)16-11(3)19-12(4)21-16/h6-10,18H,1-5H3. The van der Waals surface area contributed by atoms with Gasteiger partial charge in [-0.3, -0.25) is 0 Å². The Hall–Kier alpha value is -1.46. The van der Waals surface area contributed by atoms with Gasteiger partial charge in [0.2, 0.25) is 0 Å². The molecule has 114 valence electrons. The first-order valence-corrected chi connectivity index (χ1v) is 7.77. The molecule has 1 aromatic carbocycles. The predicted octanol–water partition coefficient (Wildman–Crippen LogP) is 4.32. The van der Waals surface area contributed by atoms with E-state index in [4.69, 9.17) is 4.74 Å². The third-order valence-corrected chi connectivity index (χ3v) is 4.76. The van der Waals surface area contributed by atoms with Gasteiger partial charge < -0.3 is 10.1 Å². The summed E-state index contributed by atoms with van der Waals surface area (Å²) in [5.41, 5.74) is 1.96. The summed E-state index contributed by atoms with van der Waals surface area (Å²) in [6.45, 7) is 8.17. The van der Waals surface area contributed by atoms with Gasteiger partial charge in [-0.15, -0.1) is 11.3 Å². The monoisotopic (exact) mass is 308 g/mol. The van der Waals surface area contributed by atoms with Gasteiger partial charge in [-0.05, 0) is 45.4 Å². The van der Waals surface area contributed by atoms with E-state index in [0.717, 1.165) is 16.3 Å². The number of methoxy groups -OCH3 is 1. The van der Waals surface area contributed by atoms with Gasteiger partial charge in [0.1, 0.15) is 0 Å². The number of thiazole rings is 1. The molecule has 0 spiro atoms. The highest BCUT2D eigenvalue weighted by Gasteiger charge is 2.17. The summed E-state index contributed by atoms with van der Waals surface area (Å²) in [5.74, 6) is -0.0611. The lowest BCUT2D eigenvalue weighted by molar-refractivity contribution is 0.385. The number of nitrogens with one attached hydrogen (secondary N) is 1. The Kier molecular flexibility index (Phi) is 4.96. The fourth-order valence-electron chi connectivity index (χ4n) is 2.45. The minimum atomic E-state index is -0.332. The van der Waals surface area contributed by atoms with E-state index in [9.17, 15) is 4.39 Å². The summed E-state index contributed by atoms with van der Waals surface area (Å²) in [6, 6.07) is 5.29. The van der Waals surface area contributed by atoms with E-state index in [-0.39, 0.29) is 23.7 Å². The molecule has 21 heavy (non-hydrogen) atoms. The number of aromatic nitrogens is 1. The van der Waals surface area contributed by atoms with Crippen LogP contribution in [-0.2, 0) is 0 Å². The number of rotatable bonds is 5. The van der Waals surface area contributed by atoms with Crippen LogP contribution in [0.5, 0.6) is 5.75 Å². The zero-order valence-corrected chi connectivity index (χ0v) is 13.8. The quantitative estimate of drug-likeness (QED) is 0.893. The first kappa shape index (κ1) is 15.9. The van der Waals surface area contributed by atoms with Crippen LogP contribution in [-0.4, -0.2) is 12.1 Å². The second kappa shape index (κ2) is 6.54. The van der Waals surface area contributed by atoms with Crippen LogP contribution in [0, 0.1) is 19.7 Å². The van der Waals surface area contributed by atoms with E-state index in [2.05, 4.69) is 17.2 Å². The van der Waals surface area contributed by atoms with Crippen molar-refractivity contribution in [2.24, 2.45) is 0 Å². The smallest absolute Gasteiger partial charge is 0.165 e. The number of ether oxygens (including phenoxy) is 1. The molecule has 0 aliphatic heterocycles. The average Bonchev–Trinajstić information content (AvgIpc) is 2.77. The molecule has 1 heterocycles. The third kappa shape index (κ3) is 3.60. The molecule has 5 heteroatoms. The molecule has 0 saturated heterocycles. The molecular weight excluding hydrogens is 287 g/mol. The molecule has 0 amide bonds. The molecule has 0 bridgehead atoms. The van der Waals surface area contributed by atoms with Crippen molar-refractivity contribution in [2.45, 2.75) is 39.8 Å². The van der Waals surface area contributed by atoms with Crippen molar-refractivity contribution in [3.8, 4) is 5.75 Å². The molecule has 1 N–H and O–H groups in total. The Balaban J connectivity index is 2.12. The zero-order valence-electron chi connectivity index (χ0n) is 13.0. The average molecular weight is 308 g/mol. The molecule has 3 nitrogen and oxygen atoms in total. The van der Waals surface area contributed by atoms with Crippen molar-refractivity contribution in [3.05, 3.63) is 45.2 Å². The van der Waals surface area contributed by atoms with Gasteiger partial charge in [0, 0.05) is 17.0 Å². The van der Waals surface area contributed by atoms with Crippen LogP contribution >= 0.6 is 11.3 Å². The highest BCUT2D eigenvalue weighted by molar-refractivity contribution is 7.11. The van der Waals surface area contributed by atoms with Gasteiger partial charge in [0.15, 0.2) is 11.6 Å². The van der Waals surface area contributed by atoms with E-state index in [1.807, 2.05) is 26.8 Å². The SMILES string of the molecule is COc1ccc(C(C)NC(C)c2sc(C)nc2C)cc1F. The summed E-state index contributed by atoms with van der Waals surface area (Å²) in [5, 5.41) is 4.56. The van der Waals surface area contributed by atoms with Gasteiger partial charge in [0.05, 0.1) is 17.8 Å². The highest BCUT2D eigenvalue weighted by Crippen LogP contribution is 2.28. The van der Waals surface area contributed by atoms with Gasteiger partial charge in [-0.2, -0.15) is 0 Å². The summed E-state index contributed by atoms with van der Waals surface area (Å²) in [6.07, 6.45) is 0. The van der Waals surface area contributed by atoms with Crippen LogP contribution in [0.1, 0.15) is 47.1 Å². The Morgan fingerprint density at radius 3 is 2.48 bits per heavy atom. The van der Waals surface area contributed by atoms with Crippen LogP contribution in [0.2, 0.25) is 0 Å². The minimum Gasteiger partial charge on any atom is -0.494 e. The second-order valence-electron chi connectivity index (χ2n) is 5.19. The summed E-state index contributed by atoms with van der Waals surface area (Å²) >= 11 is 1.70. The van der Waals surface area contributed by atoms with Crippen molar-refractivity contribution >= 4 is 11.3 Å². The van der Waals surface area contributed by atoms with Gasteiger partial charge in [-0.1, -0.05) is 6.07 Å². The fourth-order valence-corrected chi connectivity index (χ4v) is 3.39. The first-order valence-electron chi connectivity index (χ1n) is 6.95. The lowest BCUT2D eigenvalue weighted by Crippen LogP contribution is -2.22. The first-order chi connectivity index (χ1) is 9.92. The molecule has 2 atom stereocenters. The molecule has 2 rings (SSSR count). The van der Waals surface area contributed by atoms with Gasteiger partial charge in [-0.25, -0.2) is 9.37 Å². The normalized spacial score (nSPS) is 14.0. The molecule has 2 unspecified atom stereocenters. The molecule has 0 aliphatic carbocycles. The molecule has 0 radical (unpaired) electrons. The van der Waals surface area contributed by atoms with E-state index >= 15 is 0 Å². The Bertz CT molecular complexity index is 627. The van der Waals surface area contributed by atoms with Crippen molar-refractivity contribution < 1.29 is 9.13 Å². The van der Waals surface area contributed by atoms with E-state index in [0.29, 0.717) is 0 Å². The molecule has 2 aromatic rings. The van der Waals surface area contributed by atoms with Crippen LogP contribution in [0.3, 0.4) is 0 Å². The number of halogens is 1. The second-order valence-corrected chi connectivity index (χ2v) is 6.42. The largest absolute Gasteiger partial charge is 0.494 e. The summed E-state index contributed by atoms with van der Waals surface area (Å²) < 4.78 is 18.7. The fraction of sp³-hybridized carbons (Fsp3) is 0.438. The van der Waals surface area contributed by atoms with Crippen LogP contribution in [0.4, 0.5) is 4.39 Å². The van der Waals surface area contributed by atoms with E-state index in [1.165, 1.54) is 18.1 Å². The summed E-state index contributed by atoms with van der Waals surface area (Å²) in [7, 11) is 1.47. The van der Waals surface area contributed by atoms with Crippen molar-refractivity contribution in [1.82, 2.24) is 10.3 Å². The molecule has 0 saturated carbocycles. The Morgan fingerprint density at radius 1 is 1.24 bits per heavy atom. The van der Waals surface area contributed by atoms with E-state index < -0.39 is 0 Å². The lowest BCUT2D eigenvalue weighted by atomic mass is 10.1. The van der Waals surface area contributed by atoms with Crippen molar-refractivity contribution in [3.63, 3.8) is 0 Å². The van der Waals surface area contributed by atoms with Crippen LogP contribution in [0.15, 0.2) is 18.2 Å². The number of hydrogen-bond donors (Lipinski definition) is 1. The molecule has 0 aliphatic rings. The summed E-state index contributed by atoms with van der Waals surface area (Å²) in [4.78, 5) is 5.68. The van der Waals surface area contributed by atoms with Crippen LogP contribution in [0.25, 0.3) is 0 Å². The van der Waals surface area contributed by atoms with Crippen LogP contribution < -0.4 is 10.1 Å². The van der Waals surface area contributed by atoms with Crippen molar-refractivity contribution in [2.75, 3.05) is 7.11 Å². The predicted molar refractivity (Wildman–Crippen MR) is 84.5 cm³/mol. The van der Waals surface area contributed by atoms with E-state index in [1.54, 1.807) is 17.4 Å². The third-order valence-electron chi connectivity index (χ3n) is 3.51. The molecule has 1 aromatic heterocycles. The van der Waals surface area contributed by atoms with Crippen molar-refractivity contribution in [1.29, 1.82) is 0 Å². The highest BCUT2D eigenvalue weighted by atomic mass is 32.1. The molecular formula is C16H21FN2OS. The lowest BCUT2D eigenvalue weighted by Gasteiger charge is -2.20. The molecule has 0 fully saturated rings. The number of nitrogens with zero attached hydrogens (tertiary/aromatic N) is 1. The Morgan fingerprint density at radius 2 is 1.95 bits per heavy atom. The minimum absolute atomic E-state index is 0.0437.